The monoisotopic (exact) mass is 434 g/mol. The van der Waals surface area contributed by atoms with Gasteiger partial charge >= 0.3 is 5.97 Å². The number of ketones is 1. The maximum absolute atomic E-state index is 13.6. The molecular weight excluding hydrogens is 404 g/mol. The number of aromatic amines is 1. The molecule has 0 saturated heterocycles. The second-order valence-electron chi connectivity index (χ2n) is 7.90. The highest BCUT2D eigenvalue weighted by Crippen LogP contribution is 2.28. The highest BCUT2D eigenvalue weighted by Gasteiger charge is 2.25. The van der Waals surface area contributed by atoms with Crippen molar-refractivity contribution in [1.29, 1.82) is 0 Å². The Morgan fingerprint density at radius 3 is 2.31 bits per heavy atom. The normalized spacial score (nSPS) is 14.8. The predicted molar refractivity (Wildman–Crippen MR) is 124 cm³/mol. The van der Waals surface area contributed by atoms with Crippen LogP contribution in [0.2, 0.25) is 0 Å². The molecule has 1 aromatic heterocycles. The molecule has 0 radical (unpaired) electrons. The van der Waals surface area contributed by atoms with Crippen LogP contribution < -0.4 is 5.32 Å². The van der Waals surface area contributed by atoms with Gasteiger partial charge in [-0.2, -0.15) is 0 Å². The second-order valence-corrected chi connectivity index (χ2v) is 7.90. The van der Waals surface area contributed by atoms with Crippen molar-refractivity contribution >= 4 is 23.7 Å². The van der Waals surface area contributed by atoms with E-state index >= 15 is 0 Å². The lowest BCUT2D eigenvalue weighted by molar-refractivity contribution is -0.140. The molecule has 1 amide bonds. The smallest absolute Gasteiger partial charge is 0.305 e. The Hall–Kier alpha value is -3.41. The zero-order valence-corrected chi connectivity index (χ0v) is 19.3. The van der Waals surface area contributed by atoms with E-state index in [4.69, 9.17) is 4.74 Å². The van der Waals surface area contributed by atoms with Crippen molar-refractivity contribution in [2.75, 3.05) is 7.11 Å². The number of benzene rings is 1. The first kappa shape index (κ1) is 23.3. The SMILES string of the molecule is CCc1c(/C=C2\NC(=O)C(C)=C2C)[nH]c(C(=O)c2ccccc2CCC(=O)OC)c1CC. The number of hydrogen-bond donors (Lipinski definition) is 2. The van der Waals surface area contributed by atoms with Crippen LogP contribution in [-0.2, 0) is 33.6 Å². The Bertz CT molecular complexity index is 1130. The summed E-state index contributed by atoms with van der Waals surface area (Å²) in [6.07, 6.45) is 4.03. The Morgan fingerprint density at radius 1 is 1.03 bits per heavy atom. The van der Waals surface area contributed by atoms with E-state index in [1.54, 1.807) is 13.0 Å². The largest absolute Gasteiger partial charge is 0.469 e. The van der Waals surface area contributed by atoms with E-state index < -0.39 is 0 Å². The summed E-state index contributed by atoms with van der Waals surface area (Å²) in [5.74, 6) is -0.494. The van der Waals surface area contributed by atoms with Gasteiger partial charge in [-0.1, -0.05) is 38.1 Å². The quantitative estimate of drug-likeness (QED) is 0.479. The number of hydrogen-bond acceptors (Lipinski definition) is 4. The molecule has 32 heavy (non-hydrogen) atoms. The molecule has 0 saturated carbocycles. The minimum atomic E-state index is -0.305. The first-order valence-electron chi connectivity index (χ1n) is 11.0. The number of carbonyl (C=O) groups is 3. The first-order chi connectivity index (χ1) is 15.3. The molecule has 0 fully saturated rings. The van der Waals surface area contributed by atoms with Crippen molar-refractivity contribution in [2.24, 2.45) is 0 Å². The summed E-state index contributed by atoms with van der Waals surface area (Å²) in [7, 11) is 1.36. The van der Waals surface area contributed by atoms with E-state index in [1.807, 2.05) is 38.1 Å². The average molecular weight is 435 g/mol. The summed E-state index contributed by atoms with van der Waals surface area (Å²) in [4.78, 5) is 40.6. The molecule has 0 atom stereocenters. The molecular formula is C26H30N2O4. The molecule has 0 aliphatic carbocycles. The lowest BCUT2D eigenvalue weighted by Gasteiger charge is -2.09. The molecule has 1 aromatic carbocycles. The van der Waals surface area contributed by atoms with Crippen molar-refractivity contribution in [1.82, 2.24) is 10.3 Å². The summed E-state index contributed by atoms with van der Waals surface area (Å²) in [5.41, 5.74) is 7.21. The van der Waals surface area contributed by atoms with Gasteiger partial charge in [-0.15, -0.1) is 0 Å². The first-order valence-corrected chi connectivity index (χ1v) is 11.0. The maximum atomic E-state index is 13.6. The van der Waals surface area contributed by atoms with Crippen molar-refractivity contribution < 1.29 is 19.1 Å². The van der Waals surface area contributed by atoms with Gasteiger partial charge in [0.2, 0.25) is 5.78 Å². The summed E-state index contributed by atoms with van der Waals surface area (Å²) in [6.45, 7) is 7.81. The summed E-state index contributed by atoms with van der Waals surface area (Å²) in [6, 6.07) is 7.37. The minimum absolute atomic E-state index is 0.0927. The number of esters is 1. The Balaban J connectivity index is 2.04. The molecule has 1 aliphatic rings. The van der Waals surface area contributed by atoms with Crippen LogP contribution in [0, 0.1) is 0 Å². The number of amides is 1. The molecule has 0 bridgehead atoms. The molecule has 168 valence electrons. The number of rotatable bonds is 8. The van der Waals surface area contributed by atoms with E-state index in [9.17, 15) is 14.4 Å². The molecule has 2 aromatic rings. The summed E-state index contributed by atoms with van der Waals surface area (Å²) < 4.78 is 4.74. The molecule has 2 N–H and O–H groups in total. The van der Waals surface area contributed by atoms with Gasteiger partial charge in [0.1, 0.15) is 0 Å². The topological polar surface area (TPSA) is 88.3 Å². The Kier molecular flexibility index (Phi) is 7.13. The van der Waals surface area contributed by atoms with E-state index in [0.717, 1.165) is 40.1 Å². The minimum Gasteiger partial charge on any atom is -0.469 e. The molecule has 0 unspecified atom stereocenters. The fraction of sp³-hybridized carbons (Fsp3) is 0.346. The van der Waals surface area contributed by atoms with Crippen molar-refractivity contribution in [3.05, 3.63) is 74.8 Å². The van der Waals surface area contributed by atoms with E-state index in [-0.39, 0.29) is 24.1 Å². The molecule has 6 nitrogen and oxygen atoms in total. The molecule has 6 heteroatoms. The lowest BCUT2D eigenvalue weighted by Crippen LogP contribution is -2.15. The third kappa shape index (κ3) is 4.44. The number of carbonyl (C=O) groups excluding carboxylic acids is 3. The highest BCUT2D eigenvalue weighted by molar-refractivity contribution is 6.10. The summed E-state index contributed by atoms with van der Waals surface area (Å²) >= 11 is 0. The van der Waals surface area contributed by atoms with Crippen molar-refractivity contribution in [3.8, 4) is 0 Å². The van der Waals surface area contributed by atoms with Crippen LogP contribution in [0.15, 0.2) is 41.1 Å². The summed E-state index contributed by atoms with van der Waals surface area (Å²) in [5, 5.41) is 2.90. The van der Waals surface area contributed by atoms with Crippen LogP contribution in [0.3, 0.4) is 0 Å². The average Bonchev–Trinajstić information content (AvgIpc) is 3.28. The van der Waals surface area contributed by atoms with Gasteiger partial charge in [-0.25, -0.2) is 0 Å². The van der Waals surface area contributed by atoms with Gasteiger partial charge in [0.15, 0.2) is 0 Å². The van der Waals surface area contributed by atoms with Crippen LogP contribution in [0.5, 0.6) is 0 Å². The highest BCUT2D eigenvalue weighted by atomic mass is 16.5. The van der Waals surface area contributed by atoms with Crippen molar-refractivity contribution in [3.63, 3.8) is 0 Å². The molecule has 3 rings (SSSR count). The van der Waals surface area contributed by atoms with Gasteiger partial charge in [0.05, 0.1) is 12.8 Å². The predicted octanol–water partition coefficient (Wildman–Crippen LogP) is 4.28. The fourth-order valence-corrected chi connectivity index (χ4v) is 4.11. The maximum Gasteiger partial charge on any atom is 0.305 e. The fourth-order valence-electron chi connectivity index (χ4n) is 4.11. The van der Waals surface area contributed by atoms with Crippen LogP contribution in [0.1, 0.15) is 72.6 Å². The van der Waals surface area contributed by atoms with Crippen LogP contribution >= 0.6 is 0 Å². The number of ether oxygens (including phenoxy) is 1. The van der Waals surface area contributed by atoms with E-state index in [2.05, 4.69) is 17.2 Å². The number of aryl methyl sites for hydroxylation is 1. The van der Waals surface area contributed by atoms with Gasteiger partial charge in [-0.05, 0) is 61.4 Å². The van der Waals surface area contributed by atoms with Crippen molar-refractivity contribution in [2.45, 2.75) is 53.4 Å². The third-order valence-corrected chi connectivity index (χ3v) is 6.12. The zero-order valence-electron chi connectivity index (χ0n) is 19.3. The number of aromatic nitrogens is 1. The molecule has 0 spiro atoms. The van der Waals surface area contributed by atoms with Crippen LogP contribution in [-0.4, -0.2) is 29.8 Å². The second kappa shape index (κ2) is 9.81. The Morgan fingerprint density at radius 2 is 1.72 bits per heavy atom. The van der Waals surface area contributed by atoms with Gasteiger partial charge in [0, 0.05) is 28.9 Å². The number of methoxy groups -OCH3 is 1. The van der Waals surface area contributed by atoms with Crippen LogP contribution in [0.25, 0.3) is 6.08 Å². The van der Waals surface area contributed by atoms with E-state index in [0.29, 0.717) is 29.7 Å². The number of allylic oxidation sites excluding steroid dienone is 1. The van der Waals surface area contributed by atoms with Gasteiger partial charge in [0.25, 0.3) is 5.91 Å². The lowest BCUT2D eigenvalue weighted by atomic mass is 9.95. The van der Waals surface area contributed by atoms with Crippen LogP contribution in [0.4, 0.5) is 0 Å². The van der Waals surface area contributed by atoms with Gasteiger partial charge in [-0.3, -0.25) is 14.4 Å². The standard InChI is InChI=1S/C26H30N2O4/c1-6-18-19(7-2)24(27-22(18)14-21-15(3)16(4)26(31)28-21)25(30)20-11-9-8-10-17(20)12-13-23(29)32-5/h8-11,14,27H,6-7,12-13H2,1-5H3,(H,28,31)/b21-14-. The molecule has 2 heterocycles. The van der Waals surface area contributed by atoms with E-state index in [1.165, 1.54) is 7.11 Å². The third-order valence-electron chi connectivity index (χ3n) is 6.12. The zero-order chi connectivity index (χ0) is 23.4. The number of H-pyrrole nitrogens is 1. The van der Waals surface area contributed by atoms with Gasteiger partial charge < -0.3 is 15.0 Å². The molecule has 1 aliphatic heterocycles. The number of nitrogens with one attached hydrogen (secondary N) is 2. The Labute approximate surface area is 188 Å².